The molecule has 1 saturated heterocycles. The molecule has 3 aromatic rings. The molecular formula is C23H18ClNO4. The summed E-state index contributed by atoms with van der Waals surface area (Å²) in [6.45, 7) is 2.03. The van der Waals surface area contributed by atoms with Crippen molar-refractivity contribution in [3.8, 4) is 0 Å². The predicted octanol–water partition coefficient (Wildman–Crippen LogP) is 5.12. The third-order valence-corrected chi connectivity index (χ3v) is 5.25. The van der Waals surface area contributed by atoms with E-state index in [0.29, 0.717) is 22.0 Å². The number of hydrogen-bond donors (Lipinski definition) is 1. The van der Waals surface area contributed by atoms with Crippen LogP contribution in [0.5, 0.6) is 0 Å². The molecule has 4 rings (SSSR count). The van der Waals surface area contributed by atoms with Crippen molar-refractivity contribution in [2.45, 2.75) is 19.4 Å². The van der Waals surface area contributed by atoms with Crippen LogP contribution in [0.1, 0.15) is 29.9 Å². The van der Waals surface area contributed by atoms with E-state index in [0.717, 1.165) is 12.0 Å². The van der Waals surface area contributed by atoms with Crippen LogP contribution in [0.4, 0.5) is 5.69 Å². The van der Waals surface area contributed by atoms with Gasteiger partial charge >= 0.3 is 0 Å². The van der Waals surface area contributed by atoms with Gasteiger partial charge in [0.2, 0.25) is 0 Å². The van der Waals surface area contributed by atoms with Crippen molar-refractivity contribution >= 4 is 34.7 Å². The van der Waals surface area contributed by atoms with E-state index in [2.05, 4.69) is 0 Å². The van der Waals surface area contributed by atoms with Gasteiger partial charge < -0.3 is 9.52 Å². The van der Waals surface area contributed by atoms with Crippen LogP contribution >= 0.6 is 11.6 Å². The number of nitrogens with zero attached hydrogens (tertiary/aromatic N) is 1. The number of rotatable bonds is 4. The Labute approximate surface area is 172 Å². The van der Waals surface area contributed by atoms with Gasteiger partial charge in [-0.2, -0.15) is 0 Å². The highest BCUT2D eigenvalue weighted by atomic mass is 35.5. The zero-order valence-electron chi connectivity index (χ0n) is 15.6. The average Bonchev–Trinajstić information content (AvgIpc) is 3.36. The Morgan fingerprint density at radius 1 is 1.07 bits per heavy atom. The van der Waals surface area contributed by atoms with E-state index in [1.807, 2.05) is 19.1 Å². The lowest BCUT2D eigenvalue weighted by Gasteiger charge is -2.23. The SMILES string of the molecule is CCc1ccc(/C(O)=C2/C(=O)C(=O)N(c3ccc(Cl)cc3)C2c2ccco2)cc1. The fourth-order valence-electron chi connectivity index (χ4n) is 3.47. The summed E-state index contributed by atoms with van der Waals surface area (Å²) in [6, 6.07) is 16.3. The molecule has 146 valence electrons. The number of carbonyl (C=O) groups excluding carboxylic acids is 2. The van der Waals surface area contributed by atoms with Crippen molar-refractivity contribution in [3.05, 3.63) is 94.4 Å². The number of anilines is 1. The molecule has 6 heteroatoms. The molecule has 1 fully saturated rings. The molecule has 1 unspecified atom stereocenters. The molecule has 0 saturated carbocycles. The fourth-order valence-corrected chi connectivity index (χ4v) is 3.60. The van der Waals surface area contributed by atoms with Crippen molar-refractivity contribution in [2.24, 2.45) is 0 Å². The molecule has 0 radical (unpaired) electrons. The van der Waals surface area contributed by atoms with Gasteiger partial charge in [-0.3, -0.25) is 14.5 Å². The van der Waals surface area contributed by atoms with E-state index in [4.69, 9.17) is 16.0 Å². The molecule has 1 atom stereocenters. The number of ketones is 1. The molecule has 1 aromatic heterocycles. The second-order valence-corrected chi connectivity index (χ2v) is 7.15. The monoisotopic (exact) mass is 407 g/mol. The summed E-state index contributed by atoms with van der Waals surface area (Å²) < 4.78 is 5.52. The van der Waals surface area contributed by atoms with E-state index in [1.54, 1.807) is 48.5 Å². The maximum absolute atomic E-state index is 12.9. The van der Waals surface area contributed by atoms with Crippen LogP contribution in [0, 0.1) is 0 Å². The zero-order valence-corrected chi connectivity index (χ0v) is 16.4. The number of amides is 1. The van der Waals surface area contributed by atoms with Gasteiger partial charge in [0.1, 0.15) is 17.6 Å². The molecule has 5 nitrogen and oxygen atoms in total. The zero-order chi connectivity index (χ0) is 20.5. The van der Waals surface area contributed by atoms with Gasteiger partial charge in [0.25, 0.3) is 11.7 Å². The molecule has 2 heterocycles. The Kier molecular flexibility index (Phi) is 4.99. The summed E-state index contributed by atoms with van der Waals surface area (Å²) in [5.74, 6) is -1.35. The minimum absolute atomic E-state index is 0.0100. The molecule has 2 aromatic carbocycles. The Morgan fingerprint density at radius 3 is 2.34 bits per heavy atom. The lowest BCUT2D eigenvalue weighted by molar-refractivity contribution is -0.132. The molecule has 0 aliphatic carbocycles. The molecule has 1 aliphatic rings. The van der Waals surface area contributed by atoms with E-state index >= 15 is 0 Å². The third kappa shape index (κ3) is 3.34. The normalized spacial score (nSPS) is 18.4. The molecule has 0 spiro atoms. The van der Waals surface area contributed by atoms with Crippen LogP contribution in [0.2, 0.25) is 5.02 Å². The van der Waals surface area contributed by atoms with E-state index in [-0.39, 0.29) is 11.3 Å². The first-order valence-electron chi connectivity index (χ1n) is 9.20. The van der Waals surface area contributed by atoms with Crippen molar-refractivity contribution in [1.29, 1.82) is 0 Å². The summed E-state index contributed by atoms with van der Waals surface area (Å²) in [4.78, 5) is 27.1. The van der Waals surface area contributed by atoms with Crippen LogP contribution in [-0.2, 0) is 16.0 Å². The highest BCUT2D eigenvalue weighted by Gasteiger charge is 2.48. The maximum Gasteiger partial charge on any atom is 0.300 e. The number of benzene rings is 2. The summed E-state index contributed by atoms with van der Waals surface area (Å²) in [5.41, 5.74) is 2.04. The first-order valence-corrected chi connectivity index (χ1v) is 9.58. The number of halogens is 1. The number of aryl methyl sites for hydroxylation is 1. The van der Waals surface area contributed by atoms with Crippen molar-refractivity contribution in [1.82, 2.24) is 0 Å². The minimum atomic E-state index is -0.878. The topological polar surface area (TPSA) is 70.8 Å². The molecule has 1 N–H and O–H groups in total. The van der Waals surface area contributed by atoms with E-state index in [1.165, 1.54) is 11.2 Å². The Morgan fingerprint density at radius 2 is 1.76 bits per heavy atom. The molecular weight excluding hydrogens is 390 g/mol. The Balaban J connectivity index is 1.88. The van der Waals surface area contributed by atoms with E-state index < -0.39 is 17.7 Å². The quantitative estimate of drug-likeness (QED) is 0.370. The largest absolute Gasteiger partial charge is 0.507 e. The Bertz CT molecular complexity index is 1080. The van der Waals surface area contributed by atoms with Gasteiger partial charge in [0.15, 0.2) is 0 Å². The van der Waals surface area contributed by atoms with Gasteiger partial charge in [-0.15, -0.1) is 0 Å². The summed E-state index contributed by atoms with van der Waals surface area (Å²) >= 11 is 5.96. The van der Waals surface area contributed by atoms with Crippen LogP contribution in [0.25, 0.3) is 5.76 Å². The average molecular weight is 408 g/mol. The second kappa shape index (κ2) is 7.60. The number of Topliss-reactive ketones (excluding diaryl/α,β-unsaturated/α-hetero) is 1. The second-order valence-electron chi connectivity index (χ2n) is 6.71. The van der Waals surface area contributed by atoms with Crippen molar-refractivity contribution in [2.75, 3.05) is 4.90 Å². The first kappa shape index (κ1) is 19.0. The Hall–Kier alpha value is -3.31. The first-order chi connectivity index (χ1) is 14.0. The van der Waals surface area contributed by atoms with Gasteiger partial charge in [0.05, 0.1) is 11.8 Å². The number of furan rings is 1. The van der Waals surface area contributed by atoms with Crippen LogP contribution < -0.4 is 4.90 Å². The lowest BCUT2D eigenvalue weighted by Crippen LogP contribution is -2.29. The number of hydrogen-bond acceptors (Lipinski definition) is 4. The predicted molar refractivity (Wildman–Crippen MR) is 111 cm³/mol. The summed E-state index contributed by atoms with van der Waals surface area (Å²) in [5, 5.41) is 11.5. The van der Waals surface area contributed by atoms with Gasteiger partial charge in [-0.25, -0.2) is 0 Å². The maximum atomic E-state index is 12.9. The smallest absolute Gasteiger partial charge is 0.300 e. The van der Waals surface area contributed by atoms with Crippen LogP contribution in [0.15, 0.2) is 76.9 Å². The minimum Gasteiger partial charge on any atom is -0.507 e. The summed E-state index contributed by atoms with van der Waals surface area (Å²) in [6.07, 6.45) is 2.32. The fraction of sp³-hybridized carbons (Fsp3) is 0.130. The van der Waals surface area contributed by atoms with Crippen molar-refractivity contribution in [3.63, 3.8) is 0 Å². The van der Waals surface area contributed by atoms with Gasteiger partial charge in [-0.05, 0) is 48.4 Å². The van der Waals surface area contributed by atoms with Crippen LogP contribution in [0.3, 0.4) is 0 Å². The molecule has 1 amide bonds. The highest BCUT2D eigenvalue weighted by Crippen LogP contribution is 2.42. The third-order valence-electron chi connectivity index (χ3n) is 5.00. The highest BCUT2D eigenvalue weighted by molar-refractivity contribution is 6.51. The molecule has 0 bridgehead atoms. The lowest BCUT2D eigenvalue weighted by atomic mass is 9.98. The number of carbonyl (C=O) groups is 2. The van der Waals surface area contributed by atoms with Crippen LogP contribution in [-0.4, -0.2) is 16.8 Å². The standard InChI is InChI=1S/C23H18ClNO4/c1-2-14-5-7-15(8-6-14)21(26)19-20(18-4-3-13-29-18)25(23(28)22(19)27)17-11-9-16(24)10-12-17/h3-13,20,26H,2H2,1H3/b21-19-. The molecule has 29 heavy (non-hydrogen) atoms. The number of aliphatic hydroxyl groups excluding tert-OH is 1. The molecule has 1 aliphatic heterocycles. The van der Waals surface area contributed by atoms with Gasteiger partial charge in [-0.1, -0.05) is 42.8 Å². The summed E-state index contributed by atoms with van der Waals surface area (Å²) in [7, 11) is 0. The van der Waals surface area contributed by atoms with E-state index in [9.17, 15) is 14.7 Å². The number of aliphatic hydroxyl groups is 1. The van der Waals surface area contributed by atoms with Gasteiger partial charge in [0, 0.05) is 16.3 Å². The van der Waals surface area contributed by atoms with Crippen molar-refractivity contribution < 1.29 is 19.1 Å².